The highest BCUT2D eigenvalue weighted by Gasteiger charge is 2.39. The van der Waals surface area contributed by atoms with E-state index >= 15 is 0 Å². The molecule has 27 heavy (non-hydrogen) atoms. The van der Waals surface area contributed by atoms with Crippen molar-refractivity contribution in [1.82, 2.24) is 0 Å². The summed E-state index contributed by atoms with van der Waals surface area (Å²) < 4.78 is 0. The lowest BCUT2D eigenvalue weighted by molar-refractivity contribution is -0.114. The van der Waals surface area contributed by atoms with Crippen LogP contribution in [0.25, 0.3) is 6.08 Å². The number of hydrogen-bond acceptors (Lipinski definition) is 2. The number of hydrogen-bond donors (Lipinski definition) is 0. The molecule has 0 N–H and O–H groups in total. The highest BCUT2D eigenvalue weighted by Crippen LogP contribution is 2.38. The molecule has 4 heteroatoms. The summed E-state index contributed by atoms with van der Waals surface area (Å²) in [6.45, 7) is 0. The molecule has 0 fully saturated rings. The van der Waals surface area contributed by atoms with Crippen LogP contribution < -0.4 is 4.90 Å². The summed E-state index contributed by atoms with van der Waals surface area (Å²) in [6, 6.07) is 24.0. The van der Waals surface area contributed by atoms with Gasteiger partial charge in [-0.2, -0.15) is 0 Å². The fraction of sp³-hybridized carbons (Fsp3) is 0.0435. The molecule has 3 aromatic carbocycles. The number of carbonyl (C=O) groups excluding carboxylic acids is 2. The summed E-state index contributed by atoms with van der Waals surface area (Å²) in [5.74, 6) is -1.05. The molecule has 3 nitrogen and oxygen atoms in total. The van der Waals surface area contributed by atoms with Crippen molar-refractivity contribution in [3.63, 3.8) is 0 Å². The second-order valence-electron chi connectivity index (χ2n) is 6.29. The fourth-order valence-electron chi connectivity index (χ4n) is 3.27. The third-order valence-corrected chi connectivity index (χ3v) is 4.80. The van der Waals surface area contributed by atoms with Crippen LogP contribution in [0.5, 0.6) is 0 Å². The quantitative estimate of drug-likeness (QED) is 0.580. The lowest BCUT2D eigenvalue weighted by Gasteiger charge is -2.26. The number of carbonyl (C=O) groups is 2. The number of anilines is 1. The van der Waals surface area contributed by atoms with E-state index in [0.29, 0.717) is 16.3 Å². The molecule has 1 atom stereocenters. The second-order valence-corrected chi connectivity index (χ2v) is 6.73. The molecule has 0 radical (unpaired) electrons. The number of Topliss-reactive ketones (excluding diaryl/α,β-unsaturated/α-hetero) is 1. The molecular weight excluding hydrogens is 358 g/mol. The Morgan fingerprint density at radius 1 is 0.852 bits per heavy atom. The van der Waals surface area contributed by atoms with Gasteiger partial charge in [0, 0.05) is 5.02 Å². The first-order valence-electron chi connectivity index (χ1n) is 8.61. The maximum Gasteiger partial charge on any atom is 0.300 e. The molecule has 3 aromatic rings. The van der Waals surface area contributed by atoms with E-state index in [1.54, 1.807) is 18.2 Å². The smallest absolute Gasteiger partial charge is 0.294 e. The summed E-state index contributed by atoms with van der Waals surface area (Å²) in [5.41, 5.74) is 2.86. The molecule has 132 valence electrons. The Morgan fingerprint density at radius 2 is 1.52 bits per heavy atom. The van der Waals surface area contributed by atoms with Crippen LogP contribution in [0.2, 0.25) is 5.02 Å². The van der Waals surface area contributed by atoms with Crippen molar-refractivity contribution in [1.29, 1.82) is 0 Å². The summed E-state index contributed by atoms with van der Waals surface area (Å²) in [7, 11) is 0. The first-order chi connectivity index (χ1) is 13.1. The van der Waals surface area contributed by atoms with Crippen molar-refractivity contribution in [2.24, 2.45) is 0 Å². The molecule has 0 aromatic heterocycles. The van der Waals surface area contributed by atoms with Crippen molar-refractivity contribution in [2.45, 2.75) is 6.04 Å². The number of nitrogens with zero attached hydrogens (tertiary/aromatic N) is 1. The normalized spacial score (nSPS) is 14.6. The van der Waals surface area contributed by atoms with Gasteiger partial charge in [-0.3, -0.25) is 14.5 Å². The number of fused-ring (bicyclic) bond motifs is 1. The largest absolute Gasteiger partial charge is 0.300 e. The van der Waals surface area contributed by atoms with E-state index in [-0.39, 0.29) is 0 Å². The molecule has 4 rings (SSSR count). The van der Waals surface area contributed by atoms with E-state index in [1.807, 2.05) is 72.8 Å². The van der Waals surface area contributed by atoms with Gasteiger partial charge in [-0.15, -0.1) is 0 Å². The Bertz CT molecular complexity index is 1030. The predicted molar refractivity (Wildman–Crippen MR) is 108 cm³/mol. The van der Waals surface area contributed by atoms with Crippen LogP contribution in [-0.2, 0) is 4.79 Å². The van der Waals surface area contributed by atoms with Gasteiger partial charge in [0.05, 0.1) is 17.3 Å². The van der Waals surface area contributed by atoms with Crippen LogP contribution in [0, 0.1) is 0 Å². The minimum absolute atomic E-state index is 0.387. The Morgan fingerprint density at radius 3 is 2.22 bits per heavy atom. The summed E-state index contributed by atoms with van der Waals surface area (Å²) in [5, 5.41) is 0.486. The highest BCUT2D eigenvalue weighted by atomic mass is 35.5. The van der Waals surface area contributed by atoms with Crippen molar-refractivity contribution in [3.05, 3.63) is 107 Å². The van der Waals surface area contributed by atoms with Crippen LogP contribution in [-0.4, -0.2) is 11.7 Å². The van der Waals surface area contributed by atoms with Gasteiger partial charge in [-0.25, -0.2) is 0 Å². The van der Waals surface area contributed by atoms with Crippen molar-refractivity contribution < 1.29 is 9.59 Å². The second kappa shape index (κ2) is 7.22. The molecule has 1 heterocycles. The third-order valence-electron chi connectivity index (χ3n) is 4.57. The van der Waals surface area contributed by atoms with E-state index in [2.05, 4.69) is 0 Å². The third kappa shape index (κ3) is 3.29. The molecule has 0 saturated carbocycles. The zero-order valence-corrected chi connectivity index (χ0v) is 15.1. The number of ketones is 1. The van der Waals surface area contributed by atoms with Crippen LogP contribution >= 0.6 is 11.6 Å². The number of amides is 1. The van der Waals surface area contributed by atoms with Gasteiger partial charge in [0.25, 0.3) is 11.7 Å². The molecular formula is C23H16ClNO2. The van der Waals surface area contributed by atoms with E-state index in [9.17, 15) is 9.59 Å². The van der Waals surface area contributed by atoms with E-state index < -0.39 is 17.7 Å². The van der Waals surface area contributed by atoms with E-state index in [0.717, 1.165) is 11.1 Å². The summed E-state index contributed by atoms with van der Waals surface area (Å²) in [4.78, 5) is 26.8. The summed E-state index contributed by atoms with van der Waals surface area (Å²) >= 11 is 6.14. The van der Waals surface area contributed by atoms with E-state index in [4.69, 9.17) is 11.6 Å². The van der Waals surface area contributed by atoms with Crippen LogP contribution in [0.1, 0.15) is 27.5 Å². The molecule has 0 aliphatic carbocycles. The molecule has 0 spiro atoms. The van der Waals surface area contributed by atoms with Crippen LogP contribution in [0.4, 0.5) is 5.69 Å². The van der Waals surface area contributed by atoms with Crippen molar-refractivity contribution in [2.75, 3.05) is 4.90 Å². The summed E-state index contributed by atoms with van der Waals surface area (Å²) in [6.07, 6.45) is 3.89. The number of benzene rings is 3. The Hall–Kier alpha value is -3.17. The van der Waals surface area contributed by atoms with Gasteiger partial charge >= 0.3 is 0 Å². The minimum atomic E-state index is -0.543. The predicted octanol–water partition coefficient (Wildman–Crippen LogP) is 5.32. The van der Waals surface area contributed by atoms with Gasteiger partial charge < -0.3 is 0 Å². The van der Waals surface area contributed by atoms with Gasteiger partial charge in [-0.05, 0) is 29.3 Å². The molecule has 0 unspecified atom stereocenters. The monoisotopic (exact) mass is 373 g/mol. The zero-order chi connectivity index (χ0) is 18.8. The van der Waals surface area contributed by atoms with Crippen molar-refractivity contribution >= 4 is 35.1 Å². The van der Waals surface area contributed by atoms with Gasteiger partial charge in [0.15, 0.2) is 0 Å². The molecule has 1 aliphatic rings. The SMILES string of the molecule is O=C1C(=O)N([C@@H](/C=C/c2ccccc2)c2ccccc2)c2cc(Cl)ccc21. The molecule has 0 bridgehead atoms. The van der Waals surface area contributed by atoms with Crippen LogP contribution in [0.3, 0.4) is 0 Å². The molecule has 1 aliphatic heterocycles. The average Bonchev–Trinajstić information content (AvgIpc) is 2.94. The first-order valence-corrected chi connectivity index (χ1v) is 8.98. The lowest BCUT2D eigenvalue weighted by Crippen LogP contribution is -2.33. The van der Waals surface area contributed by atoms with Gasteiger partial charge in [0.2, 0.25) is 0 Å². The van der Waals surface area contributed by atoms with E-state index in [1.165, 1.54) is 4.90 Å². The maximum atomic E-state index is 12.8. The zero-order valence-electron chi connectivity index (χ0n) is 14.4. The Balaban J connectivity index is 1.82. The first kappa shape index (κ1) is 17.3. The topological polar surface area (TPSA) is 37.4 Å². The Labute approximate surface area is 162 Å². The minimum Gasteiger partial charge on any atom is -0.294 e. The average molecular weight is 374 g/mol. The highest BCUT2D eigenvalue weighted by molar-refractivity contribution is 6.52. The maximum absolute atomic E-state index is 12.8. The van der Waals surface area contributed by atoms with Gasteiger partial charge in [0.1, 0.15) is 0 Å². The van der Waals surface area contributed by atoms with Crippen molar-refractivity contribution in [3.8, 4) is 0 Å². The Kier molecular flexibility index (Phi) is 4.61. The lowest BCUT2D eigenvalue weighted by atomic mass is 10.0. The molecule has 0 saturated heterocycles. The van der Waals surface area contributed by atoms with Crippen LogP contribution in [0.15, 0.2) is 84.9 Å². The molecule has 1 amide bonds. The van der Waals surface area contributed by atoms with Gasteiger partial charge in [-0.1, -0.05) is 84.4 Å². The number of halogens is 1. The fourth-order valence-corrected chi connectivity index (χ4v) is 3.44. The standard InChI is InChI=1S/C23H16ClNO2/c24-18-12-13-19-21(15-18)25(23(27)22(19)26)20(17-9-5-2-6-10-17)14-11-16-7-3-1-4-8-16/h1-15,20H/b14-11+/t20-/m0/s1. The number of rotatable bonds is 4.